The topological polar surface area (TPSA) is 47.7 Å². The van der Waals surface area contributed by atoms with Crippen molar-refractivity contribution in [3.8, 4) is 5.75 Å². The van der Waals surface area contributed by atoms with Gasteiger partial charge in [-0.05, 0) is 19.1 Å². The maximum absolute atomic E-state index is 6.01. The number of rotatable bonds is 2. The lowest BCUT2D eigenvalue weighted by Gasteiger charge is -2.33. The van der Waals surface area contributed by atoms with Crippen molar-refractivity contribution >= 4 is 11.4 Å². The number of nitrogen functional groups attached to an aromatic ring is 1. The maximum atomic E-state index is 6.01. The third-order valence-corrected chi connectivity index (χ3v) is 2.82. The number of hydrogen-bond acceptors (Lipinski definition) is 4. The molecule has 88 valence electrons. The van der Waals surface area contributed by atoms with Crippen molar-refractivity contribution in [3.05, 3.63) is 18.2 Å². The molecule has 1 heterocycles. The first kappa shape index (κ1) is 11.1. The normalized spacial score (nSPS) is 20.9. The molecule has 0 aliphatic carbocycles. The molecule has 0 amide bonds. The minimum absolute atomic E-state index is 0.259. The summed E-state index contributed by atoms with van der Waals surface area (Å²) in [4.78, 5) is 2.25. The SMILES string of the molecule is COc1ccc(N2CCOC(C)C2)c(N)c1. The number of morpholine rings is 1. The van der Waals surface area contributed by atoms with E-state index in [1.54, 1.807) is 7.11 Å². The average Bonchev–Trinajstić information content (AvgIpc) is 2.28. The Balaban J connectivity index is 2.19. The van der Waals surface area contributed by atoms with Gasteiger partial charge in [-0.25, -0.2) is 0 Å². The second kappa shape index (κ2) is 4.61. The van der Waals surface area contributed by atoms with Crippen LogP contribution in [0, 0.1) is 0 Å². The molecule has 1 fully saturated rings. The summed E-state index contributed by atoms with van der Waals surface area (Å²) in [5.41, 5.74) is 7.83. The molecule has 1 aliphatic rings. The van der Waals surface area contributed by atoms with Crippen LogP contribution in [0.2, 0.25) is 0 Å². The van der Waals surface area contributed by atoms with Gasteiger partial charge in [0.05, 0.1) is 31.2 Å². The van der Waals surface area contributed by atoms with Crippen LogP contribution in [0.5, 0.6) is 5.75 Å². The van der Waals surface area contributed by atoms with Gasteiger partial charge in [-0.3, -0.25) is 0 Å². The predicted octanol–water partition coefficient (Wildman–Crippen LogP) is 1.50. The zero-order chi connectivity index (χ0) is 11.5. The van der Waals surface area contributed by atoms with E-state index < -0.39 is 0 Å². The van der Waals surface area contributed by atoms with Gasteiger partial charge in [-0.1, -0.05) is 0 Å². The van der Waals surface area contributed by atoms with Crippen LogP contribution in [-0.4, -0.2) is 32.9 Å². The molecule has 1 unspecified atom stereocenters. The smallest absolute Gasteiger partial charge is 0.121 e. The number of ether oxygens (including phenoxy) is 2. The molecule has 1 aromatic rings. The summed E-state index contributed by atoms with van der Waals surface area (Å²) in [6, 6.07) is 5.80. The monoisotopic (exact) mass is 222 g/mol. The quantitative estimate of drug-likeness (QED) is 0.770. The summed E-state index contributed by atoms with van der Waals surface area (Å²) in [7, 11) is 1.64. The van der Waals surface area contributed by atoms with Gasteiger partial charge in [0.15, 0.2) is 0 Å². The molecule has 2 rings (SSSR count). The third-order valence-electron chi connectivity index (χ3n) is 2.82. The zero-order valence-corrected chi connectivity index (χ0v) is 9.77. The minimum Gasteiger partial charge on any atom is -0.497 e. The molecule has 0 bridgehead atoms. The van der Waals surface area contributed by atoms with Gasteiger partial charge in [0.1, 0.15) is 5.75 Å². The first-order chi connectivity index (χ1) is 7.70. The Morgan fingerprint density at radius 2 is 2.31 bits per heavy atom. The van der Waals surface area contributed by atoms with Gasteiger partial charge in [0.2, 0.25) is 0 Å². The molecule has 1 aromatic carbocycles. The van der Waals surface area contributed by atoms with Crippen molar-refractivity contribution in [2.75, 3.05) is 37.4 Å². The molecule has 2 N–H and O–H groups in total. The molecule has 4 nitrogen and oxygen atoms in total. The van der Waals surface area contributed by atoms with E-state index in [9.17, 15) is 0 Å². The molecule has 0 aromatic heterocycles. The lowest BCUT2D eigenvalue weighted by Crippen LogP contribution is -2.41. The first-order valence-electron chi connectivity index (χ1n) is 5.51. The molecule has 16 heavy (non-hydrogen) atoms. The van der Waals surface area contributed by atoms with E-state index in [1.165, 1.54) is 0 Å². The van der Waals surface area contributed by atoms with Crippen LogP contribution in [-0.2, 0) is 4.74 Å². The highest BCUT2D eigenvalue weighted by atomic mass is 16.5. The second-order valence-corrected chi connectivity index (χ2v) is 4.05. The van der Waals surface area contributed by atoms with Gasteiger partial charge >= 0.3 is 0 Å². The highest BCUT2D eigenvalue weighted by molar-refractivity contribution is 5.69. The number of nitrogens with zero attached hydrogens (tertiary/aromatic N) is 1. The average molecular weight is 222 g/mol. The summed E-state index contributed by atoms with van der Waals surface area (Å²) in [5, 5.41) is 0. The number of nitrogens with two attached hydrogens (primary N) is 1. The van der Waals surface area contributed by atoms with Gasteiger partial charge < -0.3 is 20.1 Å². The van der Waals surface area contributed by atoms with E-state index in [-0.39, 0.29) is 6.10 Å². The van der Waals surface area contributed by atoms with Crippen molar-refractivity contribution in [2.24, 2.45) is 0 Å². The van der Waals surface area contributed by atoms with Crippen LogP contribution in [0.15, 0.2) is 18.2 Å². The van der Waals surface area contributed by atoms with Gasteiger partial charge in [-0.15, -0.1) is 0 Å². The van der Waals surface area contributed by atoms with E-state index in [2.05, 4.69) is 11.8 Å². The van der Waals surface area contributed by atoms with Crippen molar-refractivity contribution in [2.45, 2.75) is 13.0 Å². The number of anilines is 2. The second-order valence-electron chi connectivity index (χ2n) is 4.05. The zero-order valence-electron chi connectivity index (χ0n) is 9.77. The molecular weight excluding hydrogens is 204 g/mol. The molecule has 1 atom stereocenters. The van der Waals surface area contributed by atoms with Crippen molar-refractivity contribution in [1.82, 2.24) is 0 Å². The molecule has 0 spiro atoms. The molecule has 1 aliphatic heterocycles. The Morgan fingerprint density at radius 3 is 2.94 bits per heavy atom. The fourth-order valence-corrected chi connectivity index (χ4v) is 1.98. The van der Waals surface area contributed by atoms with Gasteiger partial charge in [0, 0.05) is 19.2 Å². The highest BCUT2D eigenvalue weighted by Crippen LogP contribution is 2.28. The maximum Gasteiger partial charge on any atom is 0.121 e. The Hall–Kier alpha value is -1.42. The lowest BCUT2D eigenvalue weighted by atomic mass is 10.2. The van der Waals surface area contributed by atoms with Crippen LogP contribution < -0.4 is 15.4 Å². The minimum atomic E-state index is 0.259. The Morgan fingerprint density at radius 1 is 1.50 bits per heavy atom. The van der Waals surface area contributed by atoms with E-state index in [1.807, 2.05) is 18.2 Å². The number of methoxy groups -OCH3 is 1. The fourth-order valence-electron chi connectivity index (χ4n) is 1.98. The van der Waals surface area contributed by atoms with Crippen LogP contribution in [0.3, 0.4) is 0 Å². The van der Waals surface area contributed by atoms with Crippen molar-refractivity contribution in [1.29, 1.82) is 0 Å². The molecule has 0 saturated carbocycles. The molecule has 1 saturated heterocycles. The summed E-state index contributed by atoms with van der Waals surface area (Å²) in [6.07, 6.45) is 0.259. The largest absolute Gasteiger partial charge is 0.497 e. The summed E-state index contributed by atoms with van der Waals surface area (Å²) < 4.78 is 10.6. The van der Waals surface area contributed by atoms with Gasteiger partial charge in [-0.2, -0.15) is 0 Å². The van der Waals surface area contributed by atoms with E-state index in [0.29, 0.717) is 0 Å². The van der Waals surface area contributed by atoms with Crippen LogP contribution >= 0.6 is 0 Å². The van der Waals surface area contributed by atoms with Crippen LogP contribution in [0.25, 0.3) is 0 Å². The standard InChI is InChI=1S/C12H18N2O2/c1-9-8-14(5-6-16-9)12-4-3-10(15-2)7-11(12)13/h3-4,7,9H,5-6,8,13H2,1-2H3. The van der Waals surface area contributed by atoms with Gasteiger partial charge in [0.25, 0.3) is 0 Å². The highest BCUT2D eigenvalue weighted by Gasteiger charge is 2.18. The van der Waals surface area contributed by atoms with E-state index in [4.69, 9.17) is 15.2 Å². The van der Waals surface area contributed by atoms with Crippen LogP contribution in [0.1, 0.15) is 6.92 Å². The Kier molecular flexibility index (Phi) is 3.19. The third kappa shape index (κ3) is 2.22. The Labute approximate surface area is 95.9 Å². The van der Waals surface area contributed by atoms with Crippen molar-refractivity contribution in [3.63, 3.8) is 0 Å². The fraction of sp³-hybridized carbons (Fsp3) is 0.500. The lowest BCUT2D eigenvalue weighted by molar-refractivity contribution is 0.0533. The van der Waals surface area contributed by atoms with E-state index >= 15 is 0 Å². The number of hydrogen-bond donors (Lipinski definition) is 1. The molecule has 0 radical (unpaired) electrons. The Bertz CT molecular complexity index is 368. The van der Waals surface area contributed by atoms with Crippen molar-refractivity contribution < 1.29 is 9.47 Å². The summed E-state index contributed by atoms with van der Waals surface area (Å²) in [5.74, 6) is 0.794. The van der Waals surface area contributed by atoms with Crippen LogP contribution in [0.4, 0.5) is 11.4 Å². The van der Waals surface area contributed by atoms with E-state index in [0.717, 1.165) is 36.8 Å². The molecular formula is C12H18N2O2. The summed E-state index contributed by atoms with van der Waals surface area (Å²) in [6.45, 7) is 4.61. The summed E-state index contributed by atoms with van der Waals surface area (Å²) >= 11 is 0. The first-order valence-corrected chi connectivity index (χ1v) is 5.51. The predicted molar refractivity (Wildman–Crippen MR) is 65.0 cm³/mol. The number of benzene rings is 1. The molecule has 4 heteroatoms.